The molecule has 0 aliphatic carbocycles. The summed E-state index contributed by atoms with van der Waals surface area (Å²) in [4.78, 5) is 0. The molecule has 6 nitrogen and oxygen atoms in total. The Morgan fingerprint density at radius 2 is 0.306 bits per heavy atom. The lowest BCUT2D eigenvalue weighted by Crippen LogP contribution is -2.57. The summed E-state index contributed by atoms with van der Waals surface area (Å²) in [5, 5.41) is -0.549. The van der Waals surface area contributed by atoms with Crippen molar-refractivity contribution in [3.63, 3.8) is 0 Å². The van der Waals surface area contributed by atoms with Crippen LogP contribution in [0.4, 0.5) is 0 Å². The van der Waals surface area contributed by atoms with Crippen LogP contribution in [-0.2, 0) is 24.7 Å². The SMILES string of the molecule is CC(C)(C)[SiH]1O[SiH](C(C)(C)C)O[SiH](C(C)(C)C)O[SiH](C(C)(C)C)O[SiH](C(C)(C)C)O[SiH](C(C)(C)C)O1. The average Bonchev–Trinajstić information content (AvgIpc) is 2.55. The molecule has 1 aliphatic heterocycles. The Morgan fingerprint density at radius 1 is 0.222 bits per heavy atom. The van der Waals surface area contributed by atoms with Crippen molar-refractivity contribution in [1.82, 2.24) is 0 Å². The minimum Gasteiger partial charge on any atom is -0.419 e. The second-order valence-electron chi connectivity index (χ2n) is 17.0. The maximum Gasteiger partial charge on any atom is 0.309 e. The molecular formula is C24H60O6Si6. The van der Waals surface area contributed by atoms with Crippen molar-refractivity contribution in [2.24, 2.45) is 0 Å². The van der Waals surface area contributed by atoms with Crippen molar-refractivity contribution < 1.29 is 24.7 Å². The van der Waals surface area contributed by atoms with E-state index in [9.17, 15) is 0 Å². The van der Waals surface area contributed by atoms with Crippen LogP contribution >= 0.6 is 0 Å². The topological polar surface area (TPSA) is 55.4 Å². The van der Waals surface area contributed by atoms with Gasteiger partial charge in [-0.05, 0) is 0 Å². The molecular weight excluding hydrogens is 553 g/mol. The quantitative estimate of drug-likeness (QED) is 0.303. The van der Waals surface area contributed by atoms with Gasteiger partial charge >= 0.3 is 55.7 Å². The van der Waals surface area contributed by atoms with E-state index in [4.69, 9.17) is 24.7 Å². The predicted octanol–water partition coefficient (Wildman–Crippen LogP) is 6.22. The van der Waals surface area contributed by atoms with Gasteiger partial charge in [-0.2, -0.15) is 0 Å². The van der Waals surface area contributed by atoms with E-state index in [0.717, 1.165) is 0 Å². The van der Waals surface area contributed by atoms with E-state index in [2.05, 4.69) is 125 Å². The zero-order valence-corrected chi connectivity index (χ0v) is 33.8. The van der Waals surface area contributed by atoms with Crippen molar-refractivity contribution >= 4 is 55.7 Å². The monoisotopic (exact) mass is 612 g/mol. The van der Waals surface area contributed by atoms with Gasteiger partial charge in [0.15, 0.2) is 0 Å². The van der Waals surface area contributed by atoms with E-state index < -0.39 is 55.7 Å². The second-order valence-corrected chi connectivity index (χ2v) is 37.9. The third-order valence-corrected chi connectivity index (χ3v) is 26.1. The van der Waals surface area contributed by atoms with Gasteiger partial charge in [0.1, 0.15) is 0 Å². The minimum atomic E-state index is -2.18. The third kappa shape index (κ3) is 10.9. The van der Waals surface area contributed by atoms with Gasteiger partial charge in [0, 0.05) is 30.2 Å². The molecule has 0 amide bonds. The number of hydrogen-bond donors (Lipinski definition) is 0. The molecule has 0 radical (unpaired) electrons. The molecule has 216 valence electrons. The summed E-state index contributed by atoms with van der Waals surface area (Å²) in [6, 6.07) is 0. The number of rotatable bonds is 0. The van der Waals surface area contributed by atoms with Crippen molar-refractivity contribution in [3.8, 4) is 0 Å². The molecule has 1 saturated heterocycles. The second kappa shape index (κ2) is 11.9. The maximum absolute atomic E-state index is 7.08. The first kappa shape index (κ1) is 35.1. The molecule has 0 unspecified atom stereocenters. The lowest BCUT2D eigenvalue weighted by atomic mass is 10.3. The van der Waals surface area contributed by atoms with E-state index in [-0.39, 0.29) is 30.2 Å². The summed E-state index contributed by atoms with van der Waals surface area (Å²) < 4.78 is 42.5. The van der Waals surface area contributed by atoms with Gasteiger partial charge in [0.2, 0.25) is 0 Å². The zero-order chi connectivity index (χ0) is 28.7. The van der Waals surface area contributed by atoms with Crippen molar-refractivity contribution in [2.45, 2.75) is 155 Å². The molecule has 0 atom stereocenters. The van der Waals surface area contributed by atoms with Crippen LogP contribution in [0.25, 0.3) is 0 Å². The van der Waals surface area contributed by atoms with Crippen LogP contribution in [0.5, 0.6) is 0 Å². The van der Waals surface area contributed by atoms with Crippen LogP contribution in [0.1, 0.15) is 125 Å². The van der Waals surface area contributed by atoms with Gasteiger partial charge in [-0.25, -0.2) is 0 Å². The molecule has 0 spiro atoms. The van der Waals surface area contributed by atoms with Crippen LogP contribution in [0.15, 0.2) is 0 Å². The van der Waals surface area contributed by atoms with Crippen LogP contribution in [0.3, 0.4) is 0 Å². The third-order valence-electron chi connectivity index (χ3n) is 5.73. The molecule has 36 heavy (non-hydrogen) atoms. The zero-order valence-electron chi connectivity index (χ0n) is 26.9. The maximum atomic E-state index is 7.08. The van der Waals surface area contributed by atoms with Gasteiger partial charge in [-0.1, -0.05) is 125 Å². The molecule has 0 aromatic carbocycles. The molecule has 0 aromatic heterocycles. The fourth-order valence-electron chi connectivity index (χ4n) is 3.32. The van der Waals surface area contributed by atoms with E-state index in [1.807, 2.05) is 0 Å². The van der Waals surface area contributed by atoms with Crippen LogP contribution in [0.2, 0.25) is 30.2 Å². The Bertz CT molecular complexity index is 530. The van der Waals surface area contributed by atoms with Gasteiger partial charge in [0.25, 0.3) is 0 Å². The van der Waals surface area contributed by atoms with Gasteiger partial charge in [-0.15, -0.1) is 0 Å². The summed E-state index contributed by atoms with van der Waals surface area (Å²) in [7, 11) is -13.1. The van der Waals surface area contributed by atoms with E-state index in [1.54, 1.807) is 0 Å². The summed E-state index contributed by atoms with van der Waals surface area (Å²) >= 11 is 0. The summed E-state index contributed by atoms with van der Waals surface area (Å²) in [5.74, 6) is 0. The van der Waals surface area contributed by atoms with Crippen molar-refractivity contribution in [3.05, 3.63) is 0 Å². The first-order valence-electron chi connectivity index (χ1n) is 13.6. The summed E-state index contributed by atoms with van der Waals surface area (Å²) in [6.07, 6.45) is 0. The smallest absolute Gasteiger partial charge is 0.309 e. The molecule has 0 N–H and O–H groups in total. The molecule has 0 aromatic rings. The van der Waals surface area contributed by atoms with Crippen molar-refractivity contribution in [1.29, 1.82) is 0 Å². The molecule has 1 rings (SSSR count). The highest BCUT2D eigenvalue weighted by atomic mass is 28.5. The van der Waals surface area contributed by atoms with Gasteiger partial charge in [0.05, 0.1) is 0 Å². The lowest BCUT2D eigenvalue weighted by molar-refractivity contribution is 0.228. The van der Waals surface area contributed by atoms with E-state index >= 15 is 0 Å². The van der Waals surface area contributed by atoms with Crippen molar-refractivity contribution in [2.75, 3.05) is 0 Å². The Labute approximate surface area is 234 Å². The fraction of sp³-hybridized carbons (Fsp3) is 1.00. The predicted molar refractivity (Wildman–Crippen MR) is 168 cm³/mol. The Kier molecular flexibility index (Phi) is 11.6. The largest absolute Gasteiger partial charge is 0.419 e. The highest BCUT2D eigenvalue weighted by molar-refractivity contribution is 6.77. The van der Waals surface area contributed by atoms with E-state index in [1.165, 1.54) is 0 Å². The van der Waals surface area contributed by atoms with Crippen LogP contribution < -0.4 is 0 Å². The first-order valence-corrected chi connectivity index (χ1v) is 22.7. The highest BCUT2D eigenvalue weighted by Gasteiger charge is 2.50. The lowest BCUT2D eigenvalue weighted by Gasteiger charge is -2.46. The minimum absolute atomic E-state index is 0.0915. The standard InChI is InChI=1S/C24H60O6Si6/c1-19(2,3)31-25-32(20(4,5)6)27-34(22(10,11)12)29-36(24(16,17)18)30-35(23(13,14)15)28-33(26-31)21(7,8)9/h31-36H,1-18H3. The first-order chi connectivity index (χ1) is 15.6. The van der Waals surface area contributed by atoms with Gasteiger partial charge in [-0.3, -0.25) is 0 Å². The summed E-state index contributed by atoms with van der Waals surface area (Å²) in [6.45, 7) is 40.3. The highest BCUT2D eigenvalue weighted by Crippen LogP contribution is 2.43. The molecule has 0 bridgehead atoms. The molecule has 12 heteroatoms. The summed E-state index contributed by atoms with van der Waals surface area (Å²) in [5.41, 5.74) is 0. The number of hydrogen-bond acceptors (Lipinski definition) is 6. The van der Waals surface area contributed by atoms with E-state index in [0.29, 0.717) is 0 Å². The van der Waals surface area contributed by atoms with Gasteiger partial charge < -0.3 is 24.7 Å². The average molecular weight is 613 g/mol. The normalized spacial score (nSPS) is 31.5. The Morgan fingerprint density at radius 3 is 0.361 bits per heavy atom. The molecule has 0 saturated carbocycles. The molecule has 1 heterocycles. The molecule has 1 aliphatic rings. The Hall–Kier alpha value is 1.06. The fourth-order valence-corrected chi connectivity index (χ4v) is 33.3. The van der Waals surface area contributed by atoms with Crippen LogP contribution in [-0.4, -0.2) is 55.7 Å². The molecule has 1 fully saturated rings. The Balaban J connectivity index is 3.77. The van der Waals surface area contributed by atoms with Crippen LogP contribution in [0, 0.1) is 0 Å².